The van der Waals surface area contributed by atoms with Crippen LogP contribution in [0.2, 0.25) is 0 Å². The van der Waals surface area contributed by atoms with Crippen molar-refractivity contribution in [3.8, 4) is 0 Å². The number of carbonyl (C=O) groups excluding carboxylic acids is 1. The van der Waals surface area contributed by atoms with Crippen LogP contribution in [-0.4, -0.2) is 15.8 Å². The Hall–Kier alpha value is -2.34. The fraction of sp³-hybridized carbons (Fsp3) is 0.412. The summed E-state index contributed by atoms with van der Waals surface area (Å²) in [6, 6.07) is 7.64. The zero-order valence-corrected chi connectivity index (χ0v) is 14.1. The lowest BCUT2D eigenvalue weighted by atomic mass is 10.1. The number of primary amides is 1. The van der Waals surface area contributed by atoms with Crippen LogP contribution in [0.15, 0.2) is 30.5 Å². The van der Waals surface area contributed by atoms with Gasteiger partial charge in [0, 0.05) is 35.6 Å². The number of hydrogen-bond donors (Lipinski definition) is 3. The Labute approximate surface area is 137 Å². The second-order valence-corrected chi connectivity index (χ2v) is 6.01. The van der Waals surface area contributed by atoms with Gasteiger partial charge in [-0.1, -0.05) is 12.1 Å². The van der Waals surface area contributed by atoms with E-state index in [0.29, 0.717) is 11.7 Å². The zero-order chi connectivity index (χ0) is 17.0. The minimum atomic E-state index is -0.554. The fourth-order valence-corrected chi connectivity index (χ4v) is 2.61. The molecular formula is C17H25N5O. The summed E-state index contributed by atoms with van der Waals surface area (Å²) in [6.07, 6.45) is 1.94. The summed E-state index contributed by atoms with van der Waals surface area (Å²) < 4.78 is 2.04. The molecule has 0 fully saturated rings. The van der Waals surface area contributed by atoms with Crippen molar-refractivity contribution in [1.29, 1.82) is 0 Å². The topological polar surface area (TPSA) is 85.0 Å². The van der Waals surface area contributed by atoms with Gasteiger partial charge in [-0.15, -0.1) is 0 Å². The molecule has 6 nitrogen and oxygen atoms in total. The van der Waals surface area contributed by atoms with Crippen molar-refractivity contribution in [2.75, 3.05) is 5.32 Å². The molecule has 124 valence electrons. The van der Waals surface area contributed by atoms with E-state index in [2.05, 4.69) is 43.4 Å². The van der Waals surface area contributed by atoms with Crippen LogP contribution >= 0.6 is 0 Å². The monoisotopic (exact) mass is 315 g/mol. The van der Waals surface area contributed by atoms with E-state index in [1.807, 2.05) is 35.1 Å². The SMILES string of the molecule is Cc1c(C(C)NCc2ccc(NC(N)=O)cc2)cnn1C(C)C. The summed E-state index contributed by atoms with van der Waals surface area (Å²) in [5.74, 6) is 0. The molecule has 0 aliphatic heterocycles. The van der Waals surface area contributed by atoms with E-state index >= 15 is 0 Å². The van der Waals surface area contributed by atoms with Crippen LogP contribution in [0.4, 0.5) is 10.5 Å². The Kier molecular flexibility index (Phi) is 5.39. The van der Waals surface area contributed by atoms with Crippen LogP contribution in [0.25, 0.3) is 0 Å². The van der Waals surface area contributed by atoms with Crippen molar-refractivity contribution >= 4 is 11.7 Å². The molecule has 1 aromatic heterocycles. The van der Waals surface area contributed by atoms with Gasteiger partial charge in [0.15, 0.2) is 0 Å². The van der Waals surface area contributed by atoms with Crippen molar-refractivity contribution in [2.24, 2.45) is 5.73 Å². The Morgan fingerprint density at radius 1 is 1.26 bits per heavy atom. The summed E-state index contributed by atoms with van der Waals surface area (Å²) >= 11 is 0. The maximum atomic E-state index is 10.8. The lowest BCUT2D eigenvalue weighted by molar-refractivity contribution is 0.259. The zero-order valence-electron chi connectivity index (χ0n) is 14.1. The van der Waals surface area contributed by atoms with Crippen molar-refractivity contribution in [2.45, 2.75) is 46.3 Å². The van der Waals surface area contributed by atoms with E-state index in [0.717, 1.165) is 12.1 Å². The molecule has 23 heavy (non-hydrogen) atoms. The Morgan fingerprint density at radius 2 is 1.91 bits per heavy atom. The number of rotatable bonds is 6. The number of carbonyl (C=O) groups is 1. The largest absolute Gasteiger partial charge is 0.351 e. The Balaban J connectivity index is 1.96. The van der Waals surface area contributed by atoms with Crippen molar-refractivity contribution in [3.63, 3.8) is 0 Å². The van der Waals surface area contributed by atoms with Crippen LogP contribution in [0.1, 0.15) is 49.7 Å². The van der Waals surface area contributed by atoms with Gasteiger partial charge in [-0.3, -0.25) is 4.68 Å². The molecule has 4 N–H and O–H groups in total. The fourth-order valence-electron chi connectivity index (χ4n) is 2.61. The molecule has 1 unspecified atom stereocenters. The summed E-state index contributed by atoms with van der Waals surface area (Å²) in [5.41, 5.74) is 9.34. The standard InChI is InChI=1S/C17H25N5O/c1-11(2)22-13(4)16(10-20-22)12(3)19-9-14-5-7-15(8-6-14)21-17(18)23/h5-8,10-12,19H,9H2,1-4H3,(H3,18,21,23). The minimum Gasteiger partial charge on any atom is -0.351 e. The van der Waals surface area contributed by atoms with Crippen LogP contribution < -0.4 is 16.4 Å². The highest BCUT2D eigenvalue weighted by atomic mass is 16.2. The predicted octanol–water partition coefficient (Wildman–Crippen LogP) is 3.11. The summed E-state index contributed by atoms with van der Waals surface area (Å²) in [7, 11) is 0. The van der Waals surface area contributed by atoms with Crippen molar-refractivity contribution in [1.82, 2.24) is 15.1 Å². The van der Waals surface area contributed by atoms with E-state index in [9.17, 15) is 4.79 Å². The van der Waals surface area contributed by atoms with E-state index in [4.69, 9.17) is 5.73 Å². The summed E-state index contributed by atoms with van der Waals surface area (Å²) in [4.78, 5) is 10.8. The second-order valence-electron chi connectivity index (χ2n) is 6.01. The number of urea groups is 1. The number of benzene rings is 1. The maximum Gasteiger partial charge on any atom is 0.316 e. The molecule has 1 atom stereocenters. The molecule has 2 aromatic rings. The molecule has 0 aliphatic rings. The first-order chi connectivity index (χ1) is 10.9. The molecule has 2 amide bonds. The first-order valence-corrected chi connectivity index (χ1v) is 7.81. The smallest absolute Gasteiger partial charge is 0.316 e. The third-order valence-corrected chi connectivity index (χ3v) is 3.87. The summed E-state index contributed by atoms with van der Waals surface area (Å²) in [5, 5.41) is 10.5. The van der Waals surface area contributed by atoms with Gasteiger partial charge in [-0.25, -0.2) is 4.79 Å². The van der Waals surface area contributed by atoms with Gasteiger partial charge in [0.1, 0.15) is 0 Å². The quantitative estimate of drug-likeness (QED) is 0.765. The molecule has 0 radical (unpaired) electrons. The molecule has 1 heterocycles. The maximum absolute atomic E-state index is 10.8. The number of anilines is 1. The van der Waals surface area contributed by atoms with E-state index in [-0.39, 0.29) is 6.04 Å². The van der Waals surface area contributed by atoms with Crippen molar-refractivity contribution < 1.29 is 4.79 Å². The van der Waals surface area contributed by atoms with Crippen molar-refractivity contribution in [3.05, 3.63) is 47.3 Å². The molecule has 1 aromatic carbocycles. The molecule has 0 aliphatic carbocycles. The van der Waals surface area contributed by atoms with Crippen LogP contribution in [-0.2, 0) is 6.54 Å². The number of aromatic nitrogens is 2. The number of nitrogens with one attached hydrogen (secondary N) is 2. The average Bonchev–Trinajstić information content (AvgIpc) is 2.87. The van der Waals surface area contributed by atoms with Crippen LogP contribution in [0.3, 0.4) is 0 Å². The van der Waals surface area contributed by atoms with Gasteiger partial charge in [0.05, 0.1) is 6.20 Å². The highest BCUT2D eigenvalue weighted by molar-refractivity contribution is 5.87. The number of nitrogens with zero attached hydrogens (tertiary/aromatic N) is 2. The van der Waals surface area contributed by atoms with Gasteiger partial charge in [-0.05, 0) is 45.4 Å². The lowest BCUT2D eigenvalue weighted by Gasteiger charge is -2.15. The Morgan fingerprint density at radius 3 is 2.43 bits per heavy atom. The molecular weight excluding hydrogens is 290 g/mol. The average molecular weight is 315 g/mol. The first kappa shape index (κ1) is 17.0. The van der Waals surface area contributed by atoms with Gasteiger partial charge in [0.25, 0.3) is 0 Å². The highest BCUT2D eigenvalue weighted by Gasteiger charge is 2.14. The number of nitrogens with two attached hydrogens (primary N) is 1. The molecule has 2 rings (SSSR count). The van der Waals surface area contributed by atoms with Crippen LogP contribution in [0, 0.1) is 6.92 Å². The van der Waals surface area contributed by atoms with E-state index in [1.54, 1.807) is 0 Å². The first-order valence-electron chi connectivity index (χ1n) is 7.81. The third kappa shape index (κ3) is 4.32. The molecule has 6 heteroatoms. The van der Waals surface area contributed by atoms with Gasteiger partial charge in [-0.2, -0.15) is 5.10 Å². The van der Waals surface area contributed by atoms with Crippen LogP contribution in [0.5, 0.6) is 0 Å². The normalized spacial score (nSPS) is 12.4. The lowest BCUT2D eigenvalue weighted by Crippen LogP contribution is -2.20. The molecule has 0 saturated carbocycles. The number of hydrogen-bond acceptors (Lipinski definition) is 3. The second kappa shape index (κ2) is 7.28. The molecule has 0 spiro atoms. The highest BCUT2D eigenvalue weighted by Crippen LogP contribution is 2.20. The predicted molar refractivity (Wildman–Crippen MR) is 92.3 cm³/mol. The Bertz CT molecular complexity index is 660. The van der Waals surface area contributed by atoms with Gasteiger partial charge < -0.3 is 16.4 Å². The van der Waals surface area contributed by atoms with Gasteiger partial charge in [0.2, 0.25) is 0 Å². The minimum absolute atomic E-state index is 0.214. The molecule has 0 saturated heterocycles. The van der Waals surface area contributed by atoms with E-state index < -0.39 is 6.03 Å². The number of amides is 2. The molecule has 0 bridgehead atoms. The third-order valence-electron chi connectivity index (χ3n) is 3.87. The summed E-state index contributed by atoms with van der Waals surface area (Å²) in [6.45, 7) is 9.24. The van der Waals surface area contributed by atoms with E-state index in [1.165, 1.54) is 11.3 Å². The van der Waals surface area contributed by atoms with Gasteiger partial charge >= 0.3 is 6.03 Å².